The van der Waals surface area contributed by atoms with Gasteiger partial charge in [0, 0.05) is 24.2 Å². The third-order valence-corrected chi connectivity index (χ3v) is 6.19. The number of furan rings is 1. The molecule has 0 aliphatic carbocycles. The standard InChI is InChI=1S/C26H34N2O5/c1-7-27(8-2)13-14-28-22(20-10-9-15-33-20)21(24(30)25(28)31)23(29)17-11-12-19(32-6)18(16-17)26(3,4)5/h9-12,15-16,22,29H,7-8,13-14H2,1-6H3/b23-21-. The van der Waals surface area contributed by atoms with Gasteiger partial charge in [-0.3, -0.25) is 9.59 Å². The molecule has 1 aliphatic heterocycles. The van der Waals surface area contributed by atoms with Crippen LogP contribution >= 0.6 is 0 Å². The van der Waals surface area contributed by atoms with Gasteiger partial charge in [0.05, 0.1) is 18.9 Å². The van der Waals surface area contributed by atoms with Gasteiger partial charge in [0.25, 0.3) is 11.7 Å². The minimum Gasteiger partial charge on any atom is -0.507 e. The number of amides is 1. The van der Waals surface area contributed by atoms with Crippen molar-refractivity contribution in [2.45, 2.75) is 46.1 Å². The molecular formula is C26H34N2O5. The summed E-state index contributed by atoms with van der Waals surface area (Å²) in [7, 11) is 1.60. The molecular weight excluding hydrogens is 420 g/mol. The summed E-state index contributed by atoms with van der Waals surface area (Å²) >= 11 is 0. The zero-order valence-electron chi connectivity index (χ0n) is 20.3. The lowest BCUT2D eigenvalue weighted by molar-refractivity contribution is -0.140. The van der Waals surface area contributed by atoms with Gasteiger partial charge in [0.2, 0.25) is 0 Å². The van der Waals surface area contributed by atoms with Crippen molar-refractivity contribution < 1.29 is 23.8 Å². The molecule has 178 valence electrons. The first-order chi connectivity index (χ1) is 15.6. The second kappa shape index (κ2) is 9.83. The summed E-state index contributed by atoms with van der Waals surface area (Å²) in [6, 6.07) is 7.94. The number of aliphatic hydroxyl groups excluding tert-OH is 1. The first-order valence-electron chi connectivity index (χ1n) is 11.4. The topological polar surface area (TPSA) is 83.2 Å². The number of rotatable bonds is 8. The Balaban J connectivity index is 2.11. The largest absolute Gasteiger partial charge is 0.507 e. The summed E-state index contributed by atoms with van der Waals surface area (Å²) in [4.78, 5) is 29.8. The first-order valence-corrected chi connectivity index (χ1v) is 11.4. The monoisotopic (exact) mass is 454 g/mol. The highest BCUT2D eigenvalue weighted by Crippen LogP contribution is 2.41. The molecule has 1 saturated heterocycles. The molecule has 1 amide bonds. The van der Waals surface area contributed by atoms with E-state index in [2.05, 4.69) is 18.7 Å². The number of nitrogens with zero attached hydrogens (tertiary/aromatic N) is 2. The molecule has 0 bridgehead atoms. The predicted octanol–water partition coefficient (Wildman–Crippen LogP) is 4.35. The maximum absolute atomic E-state index is 13.1. The minimum atomic E-state index is -0.782. The molecule has 1 atom stereocenters. The summed E-state index contributed by atoms with van der Waals surface area (Å²) in [5.74, 6) is -0.411. The highest BCUT2D eigenvalue weighted by molar-refractivity contribution is 6.46. The fraction of sp³-hybridized carbons (Fsp3) is 0.462. The van der Waals surface area contributed by atoms with Crippen LogP contribution in [0.1, 0.15) is 57.5 Å². The zero-order chi connectivity index (χ0) is 24.3. The molecule has 33 heavy (non-hydrogen) atoms. The van der Waals surface area contributed by atoms with E-state index >= 15 is 0 Å². The van der Waals surface area contributed by atoms with Crippen LogP contribution in [0.15, 0.2) is 46.6 Å². The van der Waals surface area contributed by atoms with Crippen LogP contribution in [0.3, 0.4) is 0 Å². The van der Waals surface area contributed by atoms with Crippen molar-refractivity contribution in [3.05, 3.63) is 59.1 Å². The molecule has 1 fully saturated rings. The number of carbonyl (C=O) groups excluding carboxylic acids is 2. The summed E-state index contributed by atoms with van der Waals surface area (Å²) in [5.41, 5.74) is 1.13. The second-order valence-electron chi connectivity index (χ2n) is 9.20. The van der Waals surface area contributed by atoms with Crippen LogP contribution in [0.5, 0.6) is 5.75 Å². The molecule has 1 unspecified atom stereocenters. The number of methoxy groups -OCH3 is 1. The fourth-order valence-corrected chi connectivity index (χ4v) is 4.24. The van der Waals surface area contributed by atoms with Gasteiger partial charge >= 0.3 is 0 Å². The van der Waals surface area contributed by atoms with Crippen LogP contribution in [-0.4, -0.2) is 59.9 Å². The highest BCUT2D eigenvalue weighted by atomic mass is 16.5. The molecule has 1 aromatic heterocycles. The summed E-state index contributed by atoms with van der Waals surface area (Å²) in [5, 5.41) is 11.3. The van der Waals surface area contributed by atoms with Crippen molar-refractivity contribution in [1.29, 1.82) is 0 Å². The number of ketones is 1. The van der Waals surface area contributed by atoms with Crippen LogP contribution in [0, 0.1) is 0 Å². The van der Waals surface area contributed by atoms with E-state index in [1.165, 1.54) is 11.2 Å². The molecule has 7 nitrogen and oxygen atoms in total. The average Bonchev–Trinajstić information content (AvgIpc) is 3.40. The van der Waals surface area contributed by atoms with Crippen molar-refractivity contribution in [3.8, 4) is 5.75 Å². The lowest BCUT2D eigenvalue weighted by atomic mass is 9.84. The number of likely N-dealkylation sites (tertiary alicyclic amines) is 1. The van der Waals surface area contributed by atoms with E-state index in [0.29, 0.717) is 30.2 Å². The molecule has 1 aromatic carbocycles. The van der Waals surface area contributed by atoms with E-state index in [1.54, 1.807) is 31.4 Å². The smallest absolute Gasteiger partial charge is 0.295 e. The number of hydrogen-bond donors (Lipinski definition) is 1. The van der Waals surface area contributed by atoms with Crippen LogP contribution < -0.4 is 4.74 Å². The Morgan fingerprint density at radius 2 is 1.88 bits per heavy atom. The van der Waals surface area contributed by atoms with E-state index in [1.807, 2.05) is 26.8 Å². The van der Waals surface area contributed by atoms with Gasteiger partial charge in [-0.15, -0.1) is 0 Å². The average molecular weight is 455 g/mol. The van der Waals surface area contributed by atoms with Crippen molar-refractivity contribution in [1.82, 2.24) is 9.80 Å². The number of benzene rings is 1. The van der Waals surface area contributed by atoms with E-state index in [4.69, 9.17) is 9.15 Å². The SMILES string of the molecule is CCN(CC)CCN1C(=O)C(=O)/C(=C(\O)c2ccc(OC)c(C(C)(C)C)c2)C1c1ccco1. The quantitative estimate of drug-likeness (QED) is 0.363. The predicted molar refractivity (Wildman–Crippen MR) is 127 cm³/mol. The van der Waals surface area contributed by atoms with E-state index in [-0.39, 0.29) is 16.7 Å². The maximum atomic E-state index is 13.1. The molecule has 2 aromatic rings. The Labute approximate surface area is 195 Å². The van der Waals surface area contributed by atoms with Crippen molar-refractivity contribution in [2.75, 3.05) is 33.3 Å². The van der Waals surface area contributed by atoms with Crippen LogP contribution in [0.4, 0.5) is 0 Å². The number of Topliss-reactive ketones (excluding diaryl/α,β-unsaturated/α-hetero) is 1. The van der Waals surface area contributed by atoms with Crippen LogP contribution in [-0.2, 0) is 15.0 Å². The third-order valence-electron chi connectivity index (χ3n) is 6.19. The molecule has 7 heteroatoms. The molecule has 2 heterocycles. The van der Waals surface area contributed by atoms with E-state index in [0.717, 1.165) is 18.7 Å². The number of aliphatic hydroxyl groups is 1. The summed E-state index contributed by atoms with van der Waals surface area (Å²) in [6.07, 6.45) is 1.50. The highest BCUT2D eigenvalue weighted by Gasteiger charge is 2.47. The van der Waals surface area contributed by atoms with Crippen molar-refractivity contribution >= 4 is 17.4 Å². The maximum Gasteiger partial charge on any atom is 0.295 e. The normalized spacial score (nSPS) is 18.4. The van der Waals surface area contributed by atoms with Crippen LogP contribution in [0.2, 0.25) is 0 Å². The Morgan fingerprint density at radius 1 is 1.18 bits per heavy atom. The number of likely N-dealkylation sites (N-methyl/N-ethyl adjacent to an activating group) is 1. The van der Waals surface area contributed by atoms with E-state index in [9.17, 15) is 14.7 Å². The second-order valence-corrected chi connectivity index (χ2v) is 9.20. The lowest BCUT2D eigenvalue weighted by Crippen LogP contribution is -2.37. The van der Waals surface area contributed by atoms with Crippen molar-refractivity contribution in [2.24, 2.45) is 0 Å². The molecule has 0 saturated carbocycles. The van der Waals surface area contributed by atoms with Gasteiger partial charge in [-0.05, 0) is 48.8 Å². The Kier molecular flexibility index (Phi) is 7.32. The van der Waals surface area contributed by atoms with Gasteiger partial charge < -0.3 is 24.1 Å². The Morgan fingerprint density at radius 3 is 2.42 bits per heavy atom. The number of carbonyl (C=O) groups is 2. The lowest BCUT2D eigenvalue weighted by Gasteiger charge is -2.27. The van der Waals surface area contributed by atoms with Gasteiger partial charge in [-0.1, -0.05) is 34.6 Å². The van der Waals surface area contributed by atoms with Crippen LogP contribution in [0.25, 0.3) is 5.76 Å². The number of hydrogen-bond acceptors (Lipinski definition) is 6. The third kappa shape index (κ3) is 4.83. The van der Waals surface area contributed by atoms with Gasteiger partial charge in [-0.2, -0.15) is 0 Å². The molecule has 1 aliphatic rings. The Hall–Kier alpha value is -3.06. The molecule has 0 spiro atoms. The van der Waals surface area contributed by atoms with Gasteiger partial charge in [0.1, 0.15) is 23.3 Å². The summed E-state index contributed by atoms with van der Waals surface area (Å²) < 4.78 is 11.1. The summed E-state index contributed by atoms with van der Waals surface area (Å²) in [6.45, 7) is 12.9. The van der Waals surface area contributed by atoms with Gasteiger partial charge in [-0.25, -0.2) is 0 Å². The molecule has 3 rings (SSSR count). The minimum absolute atomic E-state index is 0.0412. The van der Waals surface area contributed by atoms with Crippen molar-refractivity contribution in [3.63, 3.8) is 0 Å². The number of ether oxygens (including phenoxy) is 1. The Bertz CT molecular complexity index is 1030. The van der Waals surface area contributed by atoms with E-state index < -0.39 is 17.7 Å². The fourth-order valence-electron chi connectivity index (χ4n) is 4.24. The molecule has 1 N–H and O–H groups in total. The first kappa shape index (κ1) is 24.6. The molecule has 0 radical (unpaired) electrons. The van der Waals surface area contributed by atoms with Gasteiger partial charge in [0.15, 0.2) is 0 Å². The zero-order valence-corrected chi connectivity index (χ0v) is 20.3.